The van der Waals surface area contributed by atoms with Gasteiger partial charge in [0.05, 0.1) is 18.4 Å². The van der Waals surface area contributed by atoms with E-state index >= 15 is 0 Å². The van der Waals surface area contributed by atoms with Crippen molar-refractivity contribution in [3.8, 4) is 11.5 Å². The van der Waals surface area contributed by atoms with Crippen LogP contribution >= 0.6 is 11.6 Å². The van der Waals surface area contributed by atoms with Crippen molar-refractivity contribution in [2.75, 3.05) is 5.32 Å². The summed E-state index contributed by atoms with van der Waals surface area (Å²) >= 11 is 6.29. The minimum atomic E-state index is -1.47. The maximum Gasteiger partial charge on any atom is 0.250 e. The summed E-state index contributed by atoms with van der Waals surface area (Å²) < 4.78 is 0. The topological polar surface area (TPSA) is 119 Å². The Hall–Kier alpha value is -3.88. The summed E-state index contributed by atoms with van der Waals surface area (Å²) in [5, 5.41) is 26.3. The highest BCUT2D eigenvalue weighted by Crippen LogP contribution is 2.54. The molecule has 4 unspecified atom stereocenters. The van der Waals surface area contributed by atoms with E-state index in [0.29, 0.717) is 21.8 Å². The van der Waals surface area contributed by atoms with Crippen LogP contribution in [0.25, 0.3) is 0 Å². The van der Waals surface area contributed by atoms with Gasteiger partial charge in [0.1, 0.15) is 5.54 Å². The maximum absolute atomic E-state index is 13.9. The zero-order valence-corrected chi connectivity index (χ0v) is 19.7. The fourth-order valence-electron chi connectivity index (χ4n) is 5.88. The lowest BCUT2D eigenvalue weighted by molar-refractivity contribution is -0.143. The summed E-state index contributed by atoms with van der Waals surface area (Å²) in [6.45, 7) is 0.109. The largest absolute Gasteiger partial charge is 0.504 e. The molecular weight excluding hydrogens is 482 g/mol. The molecule has 4 N–H and O–H groups in total. The van der Waals surface area contributed by atoms with Gasteiger partial charge in [-0.3, -0.25) is 24.6 Å². The van der Waals surface area contributed by atoms with Crippen LogP contribution in [-0.2, 0) is 32.9 Å². The van der Waals surface area contributed by atoms with Crippen LogP contribution < -0.4 is 10.6 Å². The molecule has 0 aliphatic carbocycles. The zero-order valence-electron chi connectivity index (χ0n) is 18.9. The Morgan fingerprint density at radius 1 is 0.889 bits per heavy atom. The SMILES string of the molecule is O=C1C2C(Cc3ccc(O)c(O)c3)NC3(C(=O)Nc4ccc(Cl)cc43)C2C(=O)N1Cc1ccccc1. The van der Waals surface area contributed by atoms with Gasteiger partial charge in [-0.1, -0.05) is 48.0 Å². The molecule has 1 spiro atoms. The summed E-state index contributed by atoms with van der Waals surface area (Å²) in [5.41, 5.74) is 1.06. The second-order valence-electron chi connectivity index (χ2n) is 9.48. The van der Waals surface area contributed by atoms with Crippen LogP contribution in [0.4, 0.5) is 5.69 Å². The number of carbonyl (C=O) groups excluding carboxylic acids is 3. The molecule has 2 saturated heterocycles. The van der Waals surface area contributed by atoms with Gasteiger partial charge in [-0.2, -0.15) is 0 Å². The summed E-state index contributed by atoms with van der Waals surface area (Å²) in [5.74, 6) is -3.50. The molecule has 9 heteroatoms. The lowest BCUT2D eigenvalue weighted by Gasteiger charge is -2.29. The van der Waals surface area contributed by atoms with Crippen molar-refractivity contribution in [2.24, 2.45) is 11.8 Å². The van der Waals surface area contributed by atoms with Gasteiger partial charge in [0, 0.05) is 22.3 Å². The highest BCUT2D eigenvalue weighted by atomic mass is 35.5. The number of likely N-dealkylation sites (tertiary alicyclic amines) is 1. The first-order chi connectivity index (χ1) is 17.3. The number of phenols is 2. The molecule has 0 radical (unpaired) electrons. The summed E-state index contributed by atoms with van der Waals surface area (Å²) in [7, 11) is 0. The highest BCUT2D eigenvalue weighted by molar-refractivity contribution is 6.31. The van der Waals surface area contributed by atoms with Crippen LogP contribution in [-0.4, -0.2) is 38.9 Å². The number of benzene rings is 3. The predicted octanol–water partition coefficient (Wildman–Crippen LogP) is 2.91. The molecule has 3 amide bonds. The summed E-state index contributed by atoms with van der Waals surface area (Å²) in [4.78, 5) is 42.4. The van der Waals surface area contributed by atoms with Crippen molar-refractivity contribution < 1.29 is 24.6 Å². The number of amides is 3. The number of anilines is 1. The van der Waals surface area contributed by atoms with Gasteiger partial charge in [0.25, 0.3) is 0 Å². The van der Waals surface area contributed by atoms with Crippen LogP contribution in [0, 0.1) is 11.8 Å². The Bertz CT molecular complexity index is 1430. The lowest BCUT2D eigenvalue weighted by atomic mass is 9.76. The van der Waals surface area contributed by atoms with E-state index in [4.69, 9.17) is 11.6 Å². The van der Waals surface area contributed by atoms with E-state index in [2.05, 4.69) is 10.6 Å². The number of nitrogens with one attached hydrogen (secondary N) is 2. The van der Waals surface area contributed by atoms with E-state index in [1.54, 1.807) is 24.3 Å². The van der Waals surface area contributed by atoms with Gasteiger partial charge in [-0.25, -0.2) is 0 Å². The number of fused-ring (bicyclic) bond motifs is 4. The second kappa shape index (κ2) is 8.08. The Morgan fingerprint density at radius 2 is 1.67 bits per heavy atom. The summed E-state index contributed by atoms with van der Waals surface area (Å²) in [6, 6.07) is 18.1. The van der Waals surface area contributed by atoms with E-state index in [1.807, 2.05) is 30.3 Å². The predicted molar refractivity (Wildman–Crippen MR) is 131 cm³/mol. The third kappa shape index (κ3) is 3.22. The number of aromatic hydroxyl groups is 2. The standard InChI is InChI=1S/C27H22ClN3O5/c28-16-7-8-18-17(12-16)27(26(36)29-18)23-22(19(30-27)10-15-6-9-20(32)21(33)11-15)24(34)31(25(23)35)13-14-4-2-1-3-5-14/h1-9,11-12,19,22-23,30,32-33H,10,13H2,(H,29,36). The van der Waals surface area contributed by atoms with Gasteiger partial charge < -0.3 is 15.5 Å². The second-order valence-corrected chi connectivity index (χ2v) is 9.92. The van der Waals surface area contributed by atoms with E-state index in [9.17, 15) is 24.6 Å². The number of hydrogen-bond acceptors (Lipinski definition) is 6. The van der Waals surface area contributed by atoms with Crippen LogP contribution in [0.2, 0.25) is 5.02 Å². The molecule has 36 heavy (non-hydrogen) atoms. The van der Waals surface area contributed by atoms with Crippen molar-refractivity contribution >= 4 is 35.0 Å². The Morgan fingerprint density at radius 3 is 2.42 bits per heavy atom. The molecule has 6 rings (SSSR count). The zero-order chi connectivity index (χ0) is 25.2. The number of imide groups is 1. The fourth-order valence-corrected chi connectivity index (χ4v) is 6.05. The van der Waals surface area contributed by atoms with Gasteiger partial charge in [0.2, 0.25) is 17.7 Å². The average molecular weight is 504 g/mol. The van der Waals surface area contributed by atoms with Crippen LogP contribution in [0.5, 0.6) is 11.5 Å². The maximum atomic E-state index is 13.9. The van der Waals surface area contributed by atoms with E-state index < -0.39 is 35.2 Å². The molecule has 3 aliphatic heterocycles. The monoisotopic (exact) mass is 503 g/mol. The van der Waals surface area contributed by atoms with E-state index in [0.717, 1.165) is 5.56 Å². The third-order valence-electron chi connectivity index (χ3n) is 7.45. The smallest absolute Gasteiger partial charge is 0.250 e. The molecule has 8 nitrogen and oxygen atoms in total. The average Bonchev–Trinajstić information content (AvgIpc) is 3.43. The highest BCUT2D eigenvalue weighted by Gasteiger charge is 2.70. The number of carbonyl (C=O) groups is 3. The minimum Gasteiger partial charge on any atom is -0.504 e. The van der Waals surface area contributed by atoms with E-state index in [1.165, 1.54) is 17.0 Å². The molecule has 0 bridgehead atoms. The van der Waals surface area contributed by atoms with Crippen LogP contribution in [0.1, 0.15) is 16.7 Å². The molecule has 0 saturated carbocycles. The van der Waals surface area contributed by atoms with Gasteiger partial charge in [-0.05, 0) is 47.9 Å². The van der Waals surface area contributed by atoms with Gasteiger partial charge in [-0.15, -0.1) is 0 Å². The number of nitrogens with zero attached hydrogens (tertiary/aromatic N) is 1. The number of rotatable bonds is 4. The first-order valence-corrected chi connectivity index (χ1v) is 12.0. The van der Waals surface area contributed by atoms with Crippen molar-refractivity contribution in [1.29, 1.82) is 0 Å². The number of hydrogen-bond donors (Lipinski definition) is 4. The first-order valence-electron chi connectivity index (χ1n) is 11.6. The van der Waals surface area contributed by atoms with Crippen molar-refractivity contribution in [3.63, 3.8) is 0 Å². The molecule has 3 heterocycles. The molecule has 3 aromatic carbocycles. The molecule has 3 aliphatic rings. The quantitative estimate of drug-likeness (QED) is 0.321. The Labute approximate surface area is 211 Å². The Kier molecular flexibility index (Phi) is 5.07. The van der Waals surface area contributed by atoms with Crippen LogP contribution in [0.3, 0.4) is 0 Å². The fraction of sp³-hybridized carbons (Fsp3) is 0.222. The van der Waals surface area contributed by atoms with Crippen LogP contribution in [0.15, 0.2) is 66.7 Å². The number of phenolic OH excluding ortho intramolecular Hbond substituents is 2. The third-order valence-corrected chi connectivity index (χ3v) is 7.68. The van der Waals surface area contributed by atoms with E-state index in [-0.39, 0.29) is 30.4 Å². The van der Waals surface area contributed by atoms with Gasteiger partial charge in [0.15, 0.2) is 11.5 Å². The van der Waals surface area contributed by atoms with Crippen molar-refractivity contribution in [2.45, 2.75) is 24.5 Å². The minimum absolute atomic E-state index is 0.109. The van der Waals surface area contributed by atoms with Gasteiger partial charge >= 0.3 is 0 Å². The summed E-state index contributed by atoms with van der Waals surface area (Å²) in [6.07, 6.45) is 0.248. The molecule has 4 atom stereocenters. The Balaban J connectivity index is 1.45. The number of halogens is 1. The molecule has 2 fully saturated rings. The van der Waals surface area contributed by atoms with Crippen molar-refractivity contribution in [1.82, 2.24) is 10.2 Å². The molecular formula is C27H22ClN3O5. The molecule has 3 aromatic rings. The van der Waals surface area contributed by atoms with Crippen molar-refractivity contribution in [3.05, 3.63) is 88.4 Å². The molecule has 182 valence electrons. The first kappa shape index (κ1) is 22.6. The lowest BCUT2D eigenvalue weighted by Crippen LogP contribution is -2.53. The normalized spacial score (nSPS) is 26.4. The molecule has 0 aromatic heterocycles.